The Hall–Kier alpha value is -0.670. The first-order chi connectivity index (χ1) is 14.4. The van der Waals surface area contributed by atoms with Gasteiger partial charge in [0, 0.05) is 20.8 Å². The summed E-state index contributed by atoms with van der Waals surface area (Å²) in [5.41, 5.74) is 2.94. The van der Waals surface area contributed by atoms with Gasteiger partial charge in [-0.2, -0.15) is 0 Å². The highest BCUT2D eigenvalue weighted by atomic mass is 32.2. The lowest BCUT2D eigenvalue weighted by Crippen LogP contribution is -2.52. The van der Waals surface area contributed by atoms with E-state index in [9.17, 15) is 4.79 Å². The predicted molar refractivity (Wildman–Crippen MR) is 127 cm³/mol. The van der Waals surface area contributed by atoms with Crippen LogP contribution in [0.4, 0.5) is 0 Å². The normalized spacial score (nSPS) is 45.0. The topological polar surface area (TPSA) is 17.1 Å². The minimum atomic E-state index is -0.104. The van der Waals surface area contributed by atoms with Crippen molar-refractivity contribution in [1.82, 2.24) is 0 Å². The first-order valence-electron chi connectivity index (χ1n) is 12.1. The van der Waals surface area contributed by atoms with Gasteiger partial charge in [-0.3, -0.25) is 4.79 Å². The van der Waals surface area contributed by atoms with Gasteiger partial charge in [0.2, 0.25) is 0 Å². The van der Waals surface area contributed by atoms with E-state index >= 15 is 0 Å². The zero-order chi connectivity index (χ0) is 20.7. The maximum Gasteiger partial charge on any atom is 0.166 e. The molecule has 0 N–H and O–H groups in total. The standard InChI is InChI=1S/C27H34OS2/c1-16-7-10-22-23(14-16)30-25(29-22)19-15-21-18-9-8-17-6-4-5-12-26(17,2)20(18)11-13-27(21,3)24(19)28/h7,10,14,17-18,20-21H,4-6,8-9,11-13,15H2,1-3H3/b25-19-/t17?,18?,20?,21?,26-,27-/m0/s1. The number of allylic oxidation sites excluding steroid dienone is 1. The number of carbonyl (C=O) groups is 1. The number of rotatable bonds is 0. The van der Waals surface area contributed by atoms with E-state index in [-0.39, 0.29) is 5.41 Å². The molecule has 1 aliphatic heterocycles. The van der Waals surface area contributed by atoms with Gasteiger partial charge in [-0.05, 0) is 98.7 Å². The molecule has 3 heteroatoms. The van der Waals surface area contributed by atoms with Crippen molar-refractivity contribution in [3.63, 3.8) is 0 Å². The van der Waals surface area contributed by atoms with Gasteiger partial charge in [0.05, 0.1) is 4.24 Å². The molecular weight excluding hydrogens is 404 g/mol. The molecule has 4 fully saturated rings. The summed E-state index contributed by atoms with van der Waals surface area (Å²) in [7, 11) is 0. The van der Waals surface area contributed by atoms with Crippen molar-refractivity contribution in [2.45, 2.75) is 88.3 Å². The summed E-state index contributed by atoms with van der Waals surface area (Å²) < 4.78 is 1.30. The quantitative estimate of drug-likeness (QED) is 0.382. The Morgan fingerprint density at radius 3 is 2.63 bits per heavy atom. The Bertz CT molecular complexity index is 948. The molecule has 5 aliphatic rings. The van der Waals surface area contributed by atoms with Crippen LogP contribution in [-0.4, -0.2) is 5.78 Å². The summed E-state index contributed by atoms with van der Waals surface area (Å²) in [6.07, 6.45) is 12.0. The molecule has 1 nitrogen and oxygen atoms in total. The van der Waals surface area contributed by atoms with Crippen molar-refractivity contribution >= 4 is 29.3 Å². The van der Waals surface area contributed by atoms with E-state index in [1.165, 1.54) is 70.1 Å². The SMILES string of the molecule is Cc1ccc2c(c1)S/C(=C1/CC3C4CCC5CCCC[C@]5(C)C4CC[C@]3(C)C1=O)S2. The van der Waals surface area contributed by atoms with Crippen molar-refractivity contribution < 1.29 is 4.79 Å². The lowest BCUT2D eigenvalue weighted by atomic mass is 9.45. The van der Waals surface area contributed by atoms with Crippen molar-refractivity contribution in [1.29, 1.82) is 0 Å². The Morgan fingerprint density at radius 1 is 0.933 bits per heavy atom. The second-order valence-electron chi connectivity index (χ2n) is 11.3. The van der Waals surface area contributed by atoms with Crippen LogP contribution in [0.5, 0.6) is 0 Å². The van der Waals surface area contributed by atoms with Gasteiger partial charge >= 0.3 is 0 Å². The van der Waals surface area contributed by atoms with E-state index in [1.54, 1.807) is 0 Å². The number of aryl methyl sites for hydroxylation is 1. The first-order valence-corrected chi connectivity index (χ1v) is 13.8. The third-order valence-electron chi connectivity index (χ3n) is 9.94. The highest BCUT2D eigenvalue weighted by molar-refractivity contribution is 8.24. The number of fused-ring (bicyclic) bond motifs is 6. The Morgan fingerprint density at radius 2 is 1.77 bits per heavy atom. The number of carbonyl (C=O) groups excluding carboxylic acids is 1. The average molecular weight is 439 g/mol. The van der Waals surface area contributed by atoms with Crippen LogP contribution in [0, 0.1) is 41.4 Å². The molecule has 4 aliphatic carbocycles. The molecule has 6 atom stereocenters. The van der Waals surface area contributed by atoms with Gasteiger partial charge < -0.3 is 0 Å². The molecule has 160 valence electrons. The molecule has 1 heterocycles. The maximum absolute atomic E-state index is 13.8. The summed E-state index contributed by atoms with van der Waals surface area (Å²) in [6, 6.07) is 6.73. The van der Waals surface area contributed by atoms with E-state index in [0.717, 1.165) is 30.6 Å². The number of thioether (sulfide) groups is 2. The fourth-order valence-electron chi connectivity index (χ4n) is 8.23. The predicted octanol–water partition coefficient (Wildman–Crippen LogP) is 8.02. The molecule has 0 amide bonds. The highest BCUT2D eigenvalue weighted by Crippen LogP contribution is 2.67. The van der Waals surface area contributed by atoms with Gasteiger partial charge in [0.1, 0.15) is 0 Å². The summed E-state index contributed by atoms with van der Waals surface area (Å²) >= 11 is 3.72. The Balaban J connectivity index is 1.33. The van der Waals surface area contributed by atoms with Crippen LogP contribution in [0.2, 0.25) is 0 Å². The number of Topliss-reactive ketones (excluding diaryl/α,β-unsaturated/α-hetero) is 1. The van der Waals surface area contributed by atoms with Crippen LogP contribution in [0.1, 0.15) is 77.2 Å². The van der Waals surface area contributed by atoms with E-state index in [4.69, 9.17) is 0 Å². The largest absolute Gasteiger partial charge is 0.294 e. The summed E-state index contributed by atoms with van der Waals surface area (Å²) in [5, 5.41) is 0. The molecule has 0 aromatic heterocycles. The van der Waals surface area contributed by atoms with E-state index in [1.807, 2.05) is 23.5 Å². The van der Waals surface area contributed by atoms with Crippen LogP contribution < -0.4 is 0 Å². The minimum absolute atomic E-state index is 0.104. The van der Waals surface area contributed by atoms with Crippen molar-refractivity contribution in [2.75, 3.05) is 0 Å². The molecule has 0 radical (unpaired) electrons. The lowest BCUT2D eigenvalue weighted by molar-refractivity contribution is -0.137. The lowest BCUT2D eigenvalue weighted by Gasteiger charge is -2.59. The molecule has 30 heavy (non-hydrogen) atoms. The van der Waals surface area contributed by atoms with Gasteiger partial charge in [0.15, 0.2) is 5.78 Å². The van der Waals surface area contributed by atoms with Gasteiger partial charge in [-0.1, -0.05) is 56.3 Å². The second kappa shape index (κ2) is 6.91. The van der Waals surface area contributed by atoms with Crippen LogP contribution >= 0.6 is 23.5 Å². The molecule has 6 rings (SSSR count). The molecular formula is C27H34OS2. The van der Waals surface area contributed by atoms with Crippen molar-refractivity contribution in [2.24, 2.45) is 34.5 Å². The molecule has 0 bridgehead atoms. The number of hydrogen-bond donors (Lipinski definition) is 0. The summed E-state index contributed by atoms with van der Waals surface area (Å²) in [6.45, 7) is 7.13. The Labute approximate surface area is 190 Å². The fraction of sp³-hybridized carbons (Fsp3) is 0.667. The molecule has 4 saturated carbocycles. The van der Waals surface area contributed by atoms with Crippen LogP contribution in [-0.2, 0) is 4.79 Å². The van der Waals surface area contributed by atoms with E-state index in [2.05, 4.69) is 39.0 Å². The molecule has 1 aromatic carbocycles. The van der Waals surface area contributed by atoms with Crippen molar-refractivity contribution in [3.8, 4) is 0 Å². The van der Waals surface area contributed by atoms with E-state index < -0.39 is 0 Å². The average Bonchev–Trinajstić information content (AvgIpc) is 3.25. The van der Waals surface area contributed by atoms with Gasteiger partial charge in [-0.15, -0.1) is 0 Å². The fourth-order valence-corrected chi connectivity index (χ4v) is 10.9. The number of hydrogen-bond acceptors (Lipinski definition) is 3. The number of benzene rings is 1. The van der Waals surface area contributed by atoms with Gasteiger partial charge in [0.25, 0.3) is 0 Å². The molecule has 4 unspecified atom stereocenters. The Kier molecular flexibility index (Phi) is 4.60. The third kappa shape index (κ3) is 2.73. The zero-order valence-corrected chi connectivity index (χ0v) is 20.3. The molecule has 1 aromatic rings. The second-order valence-corrected chi connectivity index (χ2v) is 13.7. The first kappa shape index (κ1) is 20.0. The molecule has 0 saturated heterocycles. The highest BCUT2D eigenvalue weighted by Gasteiger charge is 2.61. The van der Waals surface area contributed by atoms with E-state index in [0.29, 0.717) is 17.1 Å². The summed E-state index contributed by atoms with van der Waals surface area (Å²) in [5.74, 6) is 3.66. The van der Waals surface area contributed by atoms with Crippen LogP contribution in [0.3, 0.4) is 0 Å². The van der Waals surface area contributed by atoms with Crippen LogP contribution in [0.15, 0.2) is 37.8 Å². The van der Waals surface area contributed by atoms with Gasteiger partial charge in [-0.25, -0.2) is 0 Å². The maximum atomic E-state index is 13.8. The van der Waals surface area contributed by atoms with Crippen LogP contribution in [0.25, 0.3) is 0 Å². The monoisotopic (exact) mass is 438 g/mol. The smallest absolute Gasteiger partial charge is 0.166 e. The number of ketones is 1. The van der Waals surface area contributed by atoms with Crippen molar-refractivity contribution in [3.05, 3.63) is 33.6 Å². The summed E-state index contributed by atoms with van der Waals surface area (Å²) in [4.78, 5) is 16.5. The minimum Gasteiger partial charge on any atom is -0.294 e. The molecule has 0 spiro atoms. The zero-order valence-electron chi connectivity index (χ0n) is 18.6. The third-order valence-corrected chi connectivity index (χ3v) is 12.6.